The fraction of sp³-hybridized carbons (Fsp3) is 0.407. The molecule has 8 nitrogen and oxygen atoms in total. The van der Waals surface area contributed by atoms with Crippen LogP contribution in [-0.2, 0) is 4.79 Å². The highest BCUT2D eigenvalue weighted by Gasteiger charge is 2.24. The lowest BCUT2D eigenvalue weighted by atomic mass is 9.89. The van der Waals surface area contributed by atoms with Gasteiger partial charge < -0.3 is 20.6 Å². The molecule has 0 unspecified atom stereocenters. The molecule has 1 fully saturated rings. The Morgan fingerprint density at radius 1 is 1.11 bits per heavy atom. The van der Waals surface area contributed by atoms with Gasteiger partial charge in [0.25, 0.3) is 5.91 Å². The lowest BCUT2D eigenvalue weighted by Gasteiger charge is -2.32. The summed E-state index contributed by atoms with van der Waals surface area (Å²) in [6.45, 7) is 6.09. The number of nitrogens with zero attached hydrogens (tertiary/aromatic N) is 3. The summed E-state index contributed by atoms with van der Waals surface area (Å²) in [7, 11) is 0. The molecule has 35 heavy (non-hydrogen) atoms. The molecule has 0 atom stereocenters. The van der Waals surface area contributed by atoms with Gasteiger partial charge in [0.15, 0.2) is 0 Å². The number of anilines is 1. The second kappa shape index (κ2) is 12.7. The monoisotopic (exact) mass is 475 g/mol. The van der Waals surface area contributed by atoms with Crippen molar-refractivity contribution in [3.05, 3.63) is 70.4 Å². The SMILES string of the molecule is CC(CNC(=O)c1ccc(NCCO)nc1)=C(C)CC(=O)N1CCC(c2ccc(C#N)cc2)CC1. The summed E-state index contributed by atoms with van der Waals surface area (Å²) >= 11 is 0. The van der Waals surface area contributed by atoms with E-state index in [1.807, 2.05) is 43.0 Å². The van der Waals surface area contributed by atoms with E-state index >= 15 is 0 Å². The van der Waals surface area contributed by atoms with Gasteiger partial charge in [0, 0.05) is 38.8 Å². The van der Waals surface area contributed by atoms with E-state index in [2.05, 4.69) is 21.7 Å². The Morgan fingerprint density at radius 3 is 2.43 bits per heavy atom. The molecule has 1 aromatic heterocycles. The molecule has 1 aromatic carbocycles. The number of rotatable bonds is 9. The molecule has 3 rings (SSSR count). The lowest BCUT2D eigenvalue weighted by Crippen LogP contribution is -2.38. The highest BCUT2D eigenvalue weighted by atomic mass is 16.3. The van der Waals surface area contributed by atoms with Crippen molar-refractivity contribution in [1.29, 1.82) is 5.26 Å². The number of aromatic nitrogens is 1. The molecule has 0 aliphatic carbocycles. The Morgan fingerprint density at radius 2 is 1.83 bits per heavy atom. The summed E-state index contributed by atoms with van der Waals surface area (Å²) in [6, 6.07) is 13.3. The van der Waals surface area contributed by atoms with E-state index in [-0.39, 0.29) is 18.4 Å². The van der Waals surface area contributed by atoms with E-state index in [0.29, 0.717) is 42.4 Å². The number of benzene rings is 1. The number of aliphatic hydroxyl groups excluding tert-OH is 1. The van der Waals surface area contributed by atoms with Crippen LogP contribution in [0.4, 0.5) is 5.82 Å². The Bertz CT molecular complexity index is 1080. The third-order valence-electron chi connectivity index (χ3n) is 6.46. The van der Waals surface area contributed by atoms with Gasteiger partial charge in [-0.15, -0.1) is 0 Å². The van der Waals surface area contributed by atoms with E-state index in [0.717, 1.165) is 37.1 Å². The van der Waals surface area contributed by atoms with Gasteiger partial charge in [-0.25, -0.2) is 4.98 Å². The van der Waals surface area contributed by atoms with Crippen LogP contribution in [0.5, 0.6) is 0 Å². The van der Waals surface area contributed by atoms with Gasteiger partial charge in [0.1, 0.15) is 5.82 Å². The summed E-state index contributed by atoms with van der Waals surface area (Å²) in [5.41, 5.74) is 4.27. The van der Waals surface area contributed by atoms with Crippen LogP contribution in [0.2, 0.25) is 0 Å². The van der Waals surface area contributed by atoms with Crippen molar-refractivity contribution in [2.75, 3.05) is 38.1 Å². The molecule has 1 aliphatic heterocycles. The molecule has 0 spiro atoms. The van der Waals surface area contributed by atoms with Crippen molar-refractivity contribution in [3.8, 4) is 6.07 Å². The largest absolute Gasteiger partial charge is 0.395 e. The zero-order chi connectivity index (χ0) is 25.2. The summed E-state index contributed by atoms with van der Waals surface area (Å²) in [6.07, 6.45) is 3.66. The lowest BCUT2D eigenvalue weighted by molar-refractivity contribution is -0.131. The van der Waals surface area contributed by atoms with Gasteiger partial charge in [-0.05, 0) is 62.4 Å². The second-order valence-electron chi connectivity index (χ2n) is 8.89. The Balaban J connectivity index is 1.45. The van der Waals surface area contributed by atoms with Crippen LogP contribution in [0.15, 0.2) is 53.7 Å². The van der Waals surface area contributed by atoms with Gasteiger partial charge in [-0.2, -0.15) is 5.26 Å². The van der Waals surface area contributed by atoms with E-state index in [1.54, 1.807) is 12.1 Å². The van der Waals surface area contributed by atoms with Crippen molar-refractivity contribution in [2.24, 2.45) is 0 Å². The van der Waals surface area contributed by atoms with E-state index < -0.39 is 0 Å². The number of pyridine rings is 1. The molecular weight excluding hydrogens is 442 g/mol. The third-order valence-corrected chi connectivity index (χ3v) is 6.46. The molecule has 3 N–H and O–H groups in total. The van der Waals surface area contributed by atoms with Gasteiger partial charge in [-0.3, -0.25) is 9.59 Å². The Labute approximate surface area is 206 Å². The molecule has 0 bridgehead atoms. The molecular formula is C27H33N5O3. The normalized spacial score (nSPS) is 14.6. The zero-order valence-corrected chi connectivity index (χ0v) is 20.4. The molecule has 8 heteroatoms. The number of carbonyl (C=O) groups excluding carboxylic acids is 2. The van der Waals surface area contributed by atoms with Crippen LogP contribution in [0.1, 0.15) is 60.5 Å². The average molecular weight is 476 g/mol. The minimum absolute atomic E-state index is 0.00820. The maximum Gasteiger partial charge on any atom is 0.253 e. The number of hydrogen-bond acceptors (Lipinski definition) is 6. The minimum atomic E-state index is -0.227. The predicted octanol–water partition coefficient (Wildman–Crippen LogP) is 3.22. The maximum absolute atomic E-state index is 12.8. The highest BCUT2D eigenvalue weighted by Crippen LogP contribution is 2.28. The number of nitriles is 1. The van der Waals surface area contributed by atoms with E-state index in [1.165, 1.54) is 11.8 Å². The van der Waals surface area contributed by atoms with Crippen molar-refractivity contribution in [3.63, 3.8) is 0 Å². The smallest absolute Gasteiger partial charge is 0.253 e. The van der Waals surface area contributed by atoms with E-state index in [9.17, 15) is 9.59 Å². The summed E-state index contributed by atoms with van der Waals surface area (Å²) in [4.78, 5) is 31.4. The number of hydrogen-bond donors (Lipinski definition) is 3. The van der Waals surface area contributed by atoms with Gasteiger partial charge in [0.05, 0.1) is 23.8 Å². The van der Waals surface area contributed by atoms with Gasteiger partial charge in [-0.1, -0.05) is 23.3 Å². The number of piperidine rings is 1. The van der Waals surface area contributed by atoms with Crippen LogP contribution >= 0.6 is 0 Å². The molecule has 0 radical (unpaired) electrons. The fourth-order valence-corrected chi connectivity index (χ4v) is 4.06. The van der Waals surface area contributed by atoms with Crippen LogP contribution < -0.4 is 10.6 Å². The number of carbonyl (C=O) groups is 2. The zero-order valence-electron chi connectivity index (χ0n) is 20.4. The average Bonchev–Trinajstić information content (AvgIpc) is 2.90. The van der Waals surface area contributed by atoms with Crippen molar-refractivity contribution in [1.82, 2.24) is 15.2 Å². The summed E-state index contributed by atoms with van der Waals surface area (Å²) in [5, 5.41) is 23.6. The highest BCUT2D eigenvalue weighted by molar-refractivity contribution is 5.94. The van der Waals surface area contributed by atoms with Gasteiger partial charge in [0.2, 0.25) is 5.91 Å². The van der Waals surface area contributed by atoms with Gasteiger partial charge >= 0.3 is 0 Å². The number of likely N-dealkylation sites (tertiary alicyclic amines) is 1. The molecule has 2 heterocycles. The molecule has 1 saturated heterocycles. The van der Waals surface area contributed by atoms with Crippen LogP contribution in [0, 0.1) is 11.3 Å². The Kier molecular flexibility index (Phi) is 9.39. The van der Waals surface area contributed by atoms with Crippen LogP contribution in [-0.4, -0.2) is 59.6 Å². The predicted molar refractivity (Wildman–Crippen MR) is 135 cm³/mol. The number of aliphatic hydroxyl groups is 1. The number of amides is 2. The quantitative estimate of drug-likeness (QED) is 0.479. The molecule has 184 valence electrons. The van der Waals surface area contributed by atoms with E-state index in [4.69, 9.17) is 10.4 Å². The number of nitrogens with one attached hydrogen (secondary N) is 2. The van der Waals surface area contributed by atoms with Crippen molar-refractivity contribution < 1.29 is 14.7 Å². The fourth-order valence-electron chi connectivity index (χ4n) is 4.06. The Hall–Kier alpha value is -3.70. The minimum Gasteiger partial charge on any atom is -0.395 e. The standard InChI is InChI=1S/C27H33N5O3/c1-19(20(2)17-31-27(35)24-7-8-25(30-18-24)29-11-14-33)15-26(34)32-12-9-23(10-13-32)22-5-3-21(16-28)4-6-22/h3-8,18,23,33H,9-15,17H2,1-2H3,(H,29,30)(H,31,35). The first kappa shape index (κ1) is 25.9. The molecule has 2 amide bonds. The molecule has 1 aliphatic rings. The molecule has 0 saturated carbocycles. The van der Waals surface area contributed by atoms with Crippen molar-refractivity contribution >= 4 is 17.6 Å². The molecule has 2 aromatic rings. The first-order valence-electron chi connectivity index (χ1n) is 11.9. The topological polar surface area (TPSA) is 118 Å². The summed E-state index contributed by atoms with van der Waals surface area (Å²) < 4.78 is 0. The second-order valence-corrected chi connectivity index (χ2v) is 8.89. The van der Waals surface area contributed by atoms with Crippen LogP contribution in [0.3, 0.4) is 0 Å². The summed E-state index contributed by atoms with van der Waals surface area (Å²) in [5.74, 6) is 0.896. The maximum atomic E-state index is 12.8. The third kappa shape index (κ3) is 7.39. The van der Waals surface area contributed by atoms with Crippen LogP contribution in [0.25, 0.3) is 0 Å². The first-order valence-corrected chi connectivity index (χ1v) is 11.9. The van der Waals surface area contributed by atoms with Crippen molar-refractivity contribution in [2.45, 2.75) is 39.0 Å². The first-order chi connectivity index (χ1) is 16.9.